The lowest BCUT2D eigenvalue weighted by Crippen LogP contribution is -2.05. The van der Waals surface area contributed by atoms with Gasteiger partial charge in [0.05, 0.1) is 0 Å². The molecule has 0 aliphatic heterocycles. The molecule has 11 heavy (non-hydrogen) atoms. The normalized spacial score (nSPS) is 19.3. The first-order valence-electron chi connectivity index (χ1n) is 4.78. The number of allylic oxidation sites excluding steroid dienone is 1. The molecule has 0 aromatic heterocycles. The first kappa shape index (κ1) is 8.62. The molecule has 0 spiro atoms. The van der Waals surface area contributed by atoms with Crippen LogP contribution in [0, 0.1) is 5.92 Å². The molecular weight excluding hydrogens is 132 g/mol. The predicted octanol–water partition coefficient (Wildman–Crippen LogP) is 3.69. The Balaban J connectivity index is 2.09. The maximum atomic E-state index is 3.56. The Kier molecular flexibility index (Phi) is 4.08. The monoisotopic (exact) mass is 150 g/mol. The van der Waals surface area contributed by atoms with E-state index < -0.39 is 0 Å². The van der Waals surface area contributed by atoms with Crippen molar-refractivity contribution in [1.29, 1.82) is 0 Å². The highest BCUT2D eigenvalue weighted by atomic mass is 14.2. The van der Waals surface area contributed by atoms with E-state index >= 15 is 0 Å². The van der Waals surface area contributed by atoms with E-state index in [1.165, 1.54) is 44.9 Å². The van der Waals surface area contributed by atoms with Crippen LogP contribution in [-0.2, 0) is 0 Å². The van der Waals surface area contributed by atoms with Crippen LogP contribution in [0.5, 0.6) is 0 Å². The molecule has 0 atom stereocenters. The van der Waals surface area contributed by atoms with Crippen LogP contribution in [0.4, 0.5) is 0 Å². The average Bonchev–Trinajstić information content (AvgIpc) is 2.07. The zero-order chi connectivity index (χ0) is 7.94. The Hall–Kier alpha value is -0.480. The van der Waals surface area contributed by atoms with E-state index in [4.69, 9.17) is 0 Å². The van der Waals surface area contributed by atoms with E-state index in [0.717, 1.165) is 5.92 Å². The van der Waals surface area contributed by atoms with Gasteiger partial charge in [-0.3, -0.25) is 0 Å². The lowest BCUT2D eigenvalue weighted by atomic mass is 9.86. The lowest BCUT2D eigenvalue weighted by molar-refractivity contribution is 0.341. The molecule has 0 heteroatoms. The highest BCUT2D eigenvalue weighted by molar-refractivity contribution is 4.77. The maximum Gasteiger partial charge on any atom is -0.0272 e. The summed E-state index contributed by atoms with van der Waals surface area (Å²) < 4.78 is 0. The fourth-order valence-corrected chi connectivity index (χ4v) is 1.90. The third kappa shape index (κ3) is 3.43. The van der Waals surface area contributed by atoms with Gasteiger partial charge in [0.2, 0.25) is 0 Å². The minimum atomic E-state index is 1.01. The van der Waals surface area contributed by atoms with Crippen LogP contribution in [-0.4, -0.2) is 0 Å². The van der Waals surface area contributed by atoms with Crippen LogP contribution in [0.2, 0.25) is 0 Å². The van der Waals surface area contributed by atoms with Crippen molar-refractivity contribution in [2.75, 3.05) is 0 Å². The van der Waals surface area contributed by atoms with Crippen LogP contribution in [0.25, 0.3) is 0 Å². The summed E-state index contributed by atoms with van der Waals surface area (Å²) in [4.78, 5) is 0. The Morgan fingerprint density at radius 2 is 2.00 bits per heavy atom. The summed E-state index contributed by atoms with van der Waals surface area (Å²) in [6.07, 6.45) is 11.9. The van der Waals surface area contributed by atoms with Gasteiger partial charge in [0.1, 0.15) is 0 Å². The lowest BCUT2D eigenvalue weighted by Gasteiger charge is -2.20. The molecule has 0 aromatic rings. The van der Waals surface area contributed by atoms with Gasteiger partial charge in [0, 0.05) is 0 Å². The summed E-state index contributed by atoms with van der Waals surface area (Å²) in [7, 11) is 0. The van der Waals surface area contributed by atoms with Gasteiger partial charge < -0.3 is 0 Å². The van der Waals surface area contributed by atoms with Gasteiger partial charge in [0.25, 0.3) is 0 Å². The van der Waals surface area contributed by atoms with Gasteiger partial charge in [0.15, 0.2) is 0 Å². The van der Waals surface area contributed by atoms with E-state index in [2.05, 4.69) is 18.4 Å². The molecule has 0 radical (unpaired) electrons. The molecule has 0 amide bonds. The Bertz CT molecular complexity index is 134. The molecule has 0 unspecified atom stereocenters. The van der Waals surface area contributed by atoms with Crippen LogP contribution in [0.1, 0.15) is 44.9 Å². The topological polar surface area (TPSA) is 0 Å². The zero-order valence-electron chi connectivity index (χ0n) is 7.31. The van der Waals surface area contributed by atoms with Crippen molar-refractivity contribution < 1.29 is 0 Å². The molecule has 0 bridgehead atoms. The van der Waals surface area contributed by atoms with Crippen molar-refractivity contribution in [3.05, 3.63) is 18.4 Å². The van der Waals surface area contributed by atoms with E-state index in [1.807, 2.05) is 0 Å². The molecule has 0 heterocycles. The fourth-order valence-electron chi connectivity index (χ4n) is 1.90. The van der Waals surface area contributed by atoms with Crippen LogP contribution in [0.15, 0.2) is 18.4 Å². The first-order valence-corrected chi connectivity index (χ1v) is 4.78. The van der Waals surface area contributed by atoms with Gasteiger partial charge >= 0.3 is 0 Å². The highest BCUT2D eigenvalue weighted by Gasteiger charge is 2.11. The van der Waals surface area contributed by atoms with E-state index in [-0.39, 0.29) is 0 Å². The third-order valence-electron chi connectivity index (χ3n) is 2.59. The molecule has 0 aromatic carbocycles. The first-order chi connectivity index (χ1) is 5.43. The van der Waals surface area contributed by atoms with E-state index in [9.17, 15) is 0 Å². The number of hydrogen-bond donors (Lipinski definition) is 0. The molecule has 1 aliphatic rings. The Labute approximate surface area is 70.0 Å². The molecule has 0 N–H and O–H groups in total. The van der Waals surface area contributed by atoms with Gasteiger partial charge in [-0.1, -0.05) is 38.7 Å². The molecule has 1 saturated carbocycles. The summed E-state index contributed by atoms with van der Waals surface area (Å²) in [6.45, 7) is 3.56. The highest BCUT2D eigenvalue weighted by Crippen LogP contribution is 2.27. The summed E-state index contributed by atoms with van der Waals surface area (Å²) in [5.41, 5.74) is 2.83. The van der Waals surface area contributed by atoms with Crippen molar-refractivity contribution in [3.8, 4) is 0 Å². The van der Waals surface area contributed by atoms with Crippen molar-refractivity contribution in [2.24, 2.45) is 5.92 Å². The molecule has 1 aliphatic carbocycles. The largest absolute Gasteiger partial charge is 0.133 e. The molecule has 0 nitrogen and oxygen atoms in total. The van der Waals surface area contributed by atoms with Gasteiger partial charge in [-0.2, -0.15) is 0 Å². The summed E-state index contributed by atoms with van der Waals surface area (Å²) in [6, 6.07) is 0. The Morgan fingerprint density at radius 3 is 2.64 bits per heavy atom. The smallest absolute Gasteiger partial charge is 0.0272 e. The summed E-state index contributed by atoms with van der Waals surface area (Å²) >= 11 is 0. The second-order valence-corrected chi connectivity index (χ2v) is 3.49. The Morgan fingerprint density at radius 1 is 1.27 bits per heavy atom. The van der Waals surface area contributed by atoms with Gasteiger partial charge in [-0.05, 0) is 24.8 Å². The second kappa shape index (κ2) is 5.21. The summed E-state index contributed by atoms with van der Waals surface area (Å²) in [5, 5.41) is 0. The molecule has 1 fully saturated rings. The standard InChI is InChI=1S/C11H18/c1-2-3-5-8-11-9-6-4-7-10-11/h3,11H,1,4-10H2. The number of hydrogen-bond acceptors (Lipinski definition) is 0. The fraction of sp³-hybridized carbons (Fsp3) is 0.727. The van der Waals surface area contributed by atoms with Crippen molar-refractivity contribution in [3.63, 3.8) is 0 Å². The van der Waals surface area contributed by atoms with E-state index in [0.29, 0.717) is 0 Å². The van der Waals surface area contributed by atoms with Crippen molar-refractivity contribution in [1.82, 2.24) is 0 Å². The quantitative estimate of drug-likeness (QED) is 0.538. The minimum absolute atomic E-state index is 1.01. The van der Waals surface area contributed by atoms with Gasteiger partial charge in [-0.25, -0.2) is 0 Å². The average molecular weight is 150 g/mol. The molecule has 1 rings (SSSR count). The van der Waals surface area contributed by atoms with Crippen molar-refractivity contribution >= 4 is 0 Å². The predicted molar refractivity (Wildman–Crippen MR) is 49.5 cm³/mol. The van der Waals surface area contributed by atoms with Crippen LogP contribution < -0.4 is 0 Å². The maximum absolute atomic E-state index is 3.56. The van der Waals surface area contributed by atoms with Gasteiger partial charge in [-0.15, -0.1) is 5.73 Å². The van der Waals surface area contributed by atoms with Crippen LogP contribution in [0.3, 0.4) is 0 Å². The summed E-state index contributed by atoms with van der Waals surface area (Å²) in [5.74, 6) is 1.01. The van der Waals surface area contributed by atoms with E-state index in [1.54, 1.807) is 0 Å². The minimum Gasteiger partial charge on any atom is -0.133 e. The number of rotatable bonds is 3. The molecule has 0 saturated heterocycles. The molecular formula is C11H18. The SMILES string of the molecule is C=C=CCCC1CCCCC1. The zero-order valence-corrected chi connectivity index (χ0v) is 7.31. The third-order valence-corrected chi connectivity index (χ3v) is 2.59. The van der Waals surface area contributed by atoms with Crippen molar-refractivity contribution in [2.45, 2.75) is 44.9 Å². The molecule has 62 valence electrons. The van der Waals surface area contributed by atoms with Crippen LogP contribution >= 0.6 is 0 Å². The second-order valence-electron chi connectivity index (χ2n) is 3.49.